The minimum atomic E-state index is -4.02. The standard InChI is InChI=1S/C13H18N2O.2C7H8O3S/c1-2-8-15-10-13(16)12(14)9-11-6-4-3-5-7-11;2*1-6-2-4-7(5-3-6)11(8,9)10/h1,3-7,12-13,15-16H,8-10,14H2;2*2-5H,1H3,(H,8,9,10)/t12-,13+;;/m0../s1. The third-order valence-electron chi connectivity index (χ3n) is 5.03. The fraction of sp³-hybridized carbons (Fsp3) is 0.259. The van der Waals surface area contributed by atoms with E-state index in [1.807, 2.05) is 44.2 Å². The fourth-order valence-electron chi connectivity index (χ4n) is 2.89. The van der Waals surface area contributed by atoms with Crippen molar-refractivity contribution in [3.63, 3.8) is 0 Å². The summed E-state index contributed by atoms with van der Waals surface area (Å²) in [6.07, 6.45) is 5.18. The smallest absolute Gasteiger partial charge is 0.294 e. The Morgan fingerprint density at radius 2 is 1.24 bits per heavy atom. The van der Waals surface area contributed by atoms with Gasteiger partial charge in [-0.1, -0.05) is 71.6 Å². The van der Waals surface area contributed by atoms with Crippen LogP contribution >= 0.6 is 0 Å². The van der Waals surface area contributed by atoms with Gasteiger partial charge < -0.3 is 16.2 Å². The number of hydrogen-bond donors (Lipinski definition) is 5. The van der Waals surface area contributed by atoms with Crippen molar-refractivity contribution in [2.24, 2.45) is 5.73 Å². The average Bonchev–Trinajstić information content (AvgIpc) is 2.85. The minimum Gasteiger partial charge on any atom is -0.390 e. The molecule has 0 aliphatic rings. The van der Waals surface area contributed by atoms with Gasteiger partial charge in [-0.15, -0.1) is 6.42 Å². The Balaban J connectivity index is 0.000000293. The first kappa shape index (κ1) is 32.9. The zero-order valence-corrected chi connectivity index (χ0v) is 22.9. The molecular formula is C27H34N2O7S2. The molecule has 38 heavy (non-hydrogen) atoms. The molecule has 0 aromatic heterocycles. The van der Waals surface area contributed by atoms with Crippen LogP contribution in [0.15, 0.2) is 88.7 Å². The number of nitrogens with one attached hydrogen (secondary N) is 1. The van der Waals surface area contributed by atoms with Crippen LogP contribution in [0.2, 0.25) is 0 Å². The largest absolute Gasteiger partial charge is 0.390 e. The fourth-order valence-corrected chi connectivity index (χ4v) is 3.85. The molecule has 2 atom stereocenters. The van der Waals surface area contributed by atoms with E-state index in [-0.39, 0.29) is 15.8 Å². The van der Waals surface area contributed by atoms with Crippen LogP contribution in [0.3, 0.4) is 0 Å². The molecule has 0 amide bonds. The highest BCUT2D eigenvalue weighted by Crippen LogP contribution is 2.09. The second-order valence-electron chi connectivity index (χ2n) is 8.33. The Morgan fingerprint density at radius 3 is 1.61 bits per heavy atom. The lowest BCUT2D eigenvalue weighted by Gasteiger charge is -2.18. The lowest BCUT2D eigenvalue weighted by molar-refractivity contribution is 0.143. The summed E-state index contributed by atoms with van der Waals surface area (Å²) in [4.78, 5) is -0.133. The maximum Gasteiger partial charge on any atom is 0.294 e. The average molecular weight is 563 g/mol. The molecule has 6 N–H and O–H groups in total. The second kappa shape index (κ2) is 16.0. The minimum absolute atomic E-state index is 0.0666. The first-order valence-electron chi connectivity index (χ1n) is 11.4. The summed E-state index contributed by atoms with van der Waals surface area (Å²) in [6.45, 7) is 4.56. The topological polar surface area (TPSA) is 167 Å². The summed E-state index contributed by atoms with van der Waals surface area (Å²) in [5.41, 5.74) is 8.93. The normalized spacial score (nSPS) is 12.6. The van der Waals surface area contributed by atoms with E-state index in [1.165, 1.54) is 24.3 Å². The van der Waals surface area contributed by atoms with E-state index in [4.69, 9.17) is 21.3 Å². The Hall–Kier alpha value is -3.08. The van der Waals surface area contributed by atoms with E-state index in [1.54, 1.807) is 24.3 Å². The summed E-state index contributed by atoms with van der Waals surface area (Å²) < 4.78 is 59.1. The van der Waals surface area contributed by atoms with Crippen LogP contribution in [0, 0.1) is 26.2 Å². The first-order chi connectivity index (χ1) is 17.7. The number of hydrogen-bond acceptors (Lipinski definition) is 7. The van der Waals surface area contributed by atoms with E-state index in [0.717, 1.165) is 16.7 Å². The molecule has 3 aromatic rings. The maximum atomic E-state index is 10.5. The van der Waals surface area contributed by atoms with Crippen LogP contribution in [0.4, 0.5) is 0 Å². The predicted octanol–water partition coefficient (Wildman–Crippen LogP) is 2.62. The van der Waals surface area contributed by atoms with E-state index in [0.29, 0.717) is 19.5 Å². The van der Waals surface area contributed by atoms with Gasteiger partial charge >= 0.3 is 0 Å². The molecule has 0 fully saturated rings. The summed E-state index contributed by atoms with van der Waals surface area (Å²) in [6, 6.07) is 21.6. The van der Waals surface area contributed by atoms with Crippen LogP contribution in [0.25, 0.3) is 0 Å². The molecule has 206 valence electrons. The lowest BCUT2D eigenvalue weighted by Crippen LogP contribution is -2.43. The van der Waals surface area contributed by atoms with Crippen LogP contribution in [0.5, 0.6) is 0 Å². The van der Waals surface area contributed by atoms with E-state index >= 15 is 0 Å². The molecule has 0 saturated heterocycles. The van der Waals surface area contributed by atoms with Gasteiger partial charge in [0.1, 0.15) is 0 Å². The van der Waals surface area contributed by atoms with Crippen molar-refractivity contribution in [1.82, 2.24) is 5.32 Å². The number of rotatable bonds is 8. The van der Waals surface area contributed by atoms with Gasteiger partial charge in [-0.25, -0.2) is 0 Å². The van der Waals surface area contributed by atoms with Gasteiger partial charge in [0.25, 0.3) is 20.2 Å². The quantitative estimate of drug-likeness (QED) is 0.157. The number of aliphatic hydroxyl groups is 1. The molecule has 0 heterocycles. The van der Waals surface area contributed by atoms with Gasteiger partial charge in [-0.05, 0) is 50.1 Å². The van der Waals surface area contributed by atoms with Gasteiger partial charge in [0.15, 0.2) is 0 Å². The van der Waals surface area contributed by atoms with E-state index in [2.05, 4.69) is 11.2 Å². The molecule has 0 spiro atoms. The second-order valence-corrected chi connectivity index (χ2v) is 11.2. The summed E-state index contributed by atoms with van der Waals surface area (Å²) >= 11 is 0. The number of nitrogens with two attached hydrogens (primary N) is 1. The zero-order chi connectivity index (χ0) is 28.8. The summed E-state index contributed by atoms with van der Waals surface area (Å²) in [5, 5.41) is 12.7. The van der Waals surface area contributed by atoms with Gasteiger partial charge in [0.2, 0.25) is 0 Å². The molecule has 11 heteroatoms. The first-order valence-corrected chi connectivity index (χ1v) is 14.3. The van der Waals surface area contributed by atoms with Crippen LogP contribution < -0.4 is 11.1 Å². The van der Waals surface area contributed by atoms with Crippen molar-refractivity contribution in [3.05, 3.63) is 95.6 Å². The summed E-state index contributed by atoms with van der Waals surface area (Å²) in [7, 11) is -8.04. The molecular weight excluding hydrogens is 528 g/mol. The molecule has 3 rings (SSSR count). The van der Waals surface area contributed by atoms with Gasteiger partial charge in [0, 0.05) is 12.6 Å². The van der Waals surface area contributed by atoms with Crippen LogP contribution in [-0.4, -0.2) is 56.3 Å². The van der Waals surface area contributed by atoms with Crippen molar-refractivity contribution >= 4 is 20.2 Å². The number of terminal acetylenes is 1. The lowest BCUT2D eigenvalue weighted by atomic mass is 10.0. The van der Waals surface area contributed by atoms with Crippen LogP contribution in [-0.2, 0) is 26.7 Å². The maximum absolute atomic E-state index is 10.5. The zero-order valence-electron chi connectivity index (χ0n) is 21.2. The molecule has 3 aromatic carbocycles. The number of aliphatic hydroxyl groups excluding tert-OH is 1. The molecule has 0 radical (unpaired) electrons. The predicted molar refractivity (Wildman–Crippen MR) is 148 cm³/mol. The molecule has 0 unspecified atom stereocenters. The highest BCUT2D eigenvalue weighted by atomic mass is 32.2. The third-order valence-corrected chi connectivity index (χ3v) is 6.76. The van der Waals surface area contributed by atoms with Crippen molar-refractivity contribution in [1.29, 1.82) is 0 Å². The van der Waals surface area contributed by atoms with Crippen molar-refractivity contribution in [2.75, 3.05) is 13.1 Å². The molecule has 0 bridgehead atoms. The van der Waals surface area contributed by atoms with Gasteiger partial charge in [0.05, 0.1) is 22.4 Å². The molecule has 0 aliphatic heterocycles. The van der Waals surface area contributed by atoms with Gasteiger partial charge in [-0.2, -0.15) is 16.8 Å². The van der Waals surface area contributed by atoms with Crippen molar-refractivity contribution in [2.45, 2.75) is 42.2 Å². The highest BCUT2D eigenvalue weighted by Gasteiger charge is 2.14. The summed E-state index contributed by atoms with van der Waals surface area (Å²) in [5.74, 6) is 2.45. The van der Waals surface area contributed by atoms with E-state index in [9.17, 15) is 21.9 Å². The monoisotopic (exact) mass is 562 g/mol. The number of aryl methyl sites for hydroxylation is 2. The molecule has 9 nitrogen and oxygen atoms in total. The highest BCUT2D eigenvalue weighted by molar-refractivity contribution is 7.86. The SMILES string of the molecule is C#CCNC[C@@H](O)[C@@H](N)Cc1ccccc1.Cc1ccc(S(=O)(=O)O)cc1.Cc1ccc(S(=O)(=O)O)cc1. The number of benzene rings is 3. The van der Waals surface area contributed by atoms with Crippen LogP contribution in [0.1, 0.15) is 16.7 Å². The molecule has 0 saturated carbocycles. The Morgan fingerprint density at radius 1 is 0.816 bits per heavy atom. The third kappa shape index (κ3) is 13.5. The van der Waals surface area contributed by atoms with E-state index < -0.39 is 26.3 Å². The Labute approximate surface area is 225 Å². The Bertz CT molecular complexity index is 1280. The Kier molecular flexibility index (Phi) is 13.9. The molecule has 0 aliphatic carbocycles. The van der Waals surface area contributed by atoms with Crippen molar-refractivity contribution < 1.29 is 31.0 Å². The van der Waals surface area contributed by atoms with Crippen molar-refractivity contribution in [3.8, 4) is 12.3 Å². The van der Waals surface area contributed by atoms with Gasteiger partial charge in [-0.3, -0.25) is 9.11 Å².